The average Bonchev–Trinajstić information content (AvgIpc) is 2.44. The molecule has 0 aromatic rings. The second-order valence-electron chi connectivity index (χ2n) is 4.24. The van der Waals surface area contributed by atoms with Crippen LogP contribution in [0.3, 0.4) is 0 Å². The molecule has 0 amide bonds. The highest BCUT2D eigenvalue weighted by atomic mass is 32.2. The molecule has 0 aromatic carbocycles. The number of rotatable bonds is 0. The number of hydrogen-bond donors (Lipinski definition) is 0. The maximum Gasteiger partial charge on any atom is 0.270 e. The van der Waals surface area contributed by atoms with Gasteiger partial charge in [0.2, 0.25) is 0 Å². The lowest BCUT2D eigenvalue weighted by molar-refractivity contribution is 0.135. The van der Waals surface area contributed by atoms with Crippen molar-refractivity contribution in [3.8, 4) is 0 Å². The Kier molecular flexibility index (Phi) is 1.25. The monoisotopic (exact) mass is 188 g/mol. The third-order valence-corrected chi connectivity index (χ3v) is 5.41. The summed E-state index contributed by atoms with van der Waals surface area (Å²) >= 11 is 0. The van der Waals surface area contributed by atoms with Crippen LogP contribution < -0.4 is 0 Å². The van der Waals surface area contributed by atoms with Crippen molar-refractivity contribution in [2.24, 2.45) is 11.8 Å². The number of fused-ring (bicyclic) bond motifs is 1. The highest BCUT2D eigenvalue weighted by Crippen LogP contribution is 2.51. The maximum absolute atomic E-state index is 11.4. The summed E-state index contributed by atoms with van der Waals surface area (Å²) in [6.07, 6.45) is 4.13. The summed E-state index contributed by atoms with van der Waals surface area (Å²) in [6.45, 7) is 0. The molecule has 3 rings (SSSR count). The maximum atomic E-state index is 11.4. The molecule has 2 saturated carbocycles. The molecule has 4 unspecified atom stereocenters. The predicted molar refractivity (Wildman–Crippen MR) is 43.0 cm³/mol. The highest BCUT2D eigenvalue weighted by Gasteiger charge is 2.55. The smallest absolute Gasteiger partial charge is 0.266 e. The molecule has 12 heavy (non-hydrogen) atoms. The molecule has 1 aliphatic heterocycles. The lowest BCUT2D eigenvalue weighted by Gasteiger charge is -2.22. The molecule has 4 heteroatoms. The second kappa shape index (κ2) is 2.04. The van der Waals surface area contributed by atoms with E-state index in [0.29, 0.717) is 11.8 Å². The van der Waals surface area contributed by atoms with Crippen molar-refractivity contribution in [1.82, 2.24) is 0 Å². The van der Waals surface area contributed by atoms with Gasteiger partial charge in [0.15, 0.2) is 0 Å². The molecule has 68 valence electrons. The van der Waals surface area contributed by atoms with Gasteiger partial charge in [-0.15, -0.1) is 0 Å². The first-order valence-electron chi connectivity index (χ1n) is 4.59. The molecule has 3 fully saturated rings. The Labute approximate surface area is 72.2 Å². The van der Waals surface area contributed by atoms with E-state index in [2.05, 4.69) is 0 Å². The molecular weight excluding hydrogens is 176 g/mol. The average molecular weight is 188 g/mol. The zero-order valence-corrected chi connectivity index (χ0v) is 7.59. The lowest BCUT2D eigenvalue weighted by atomic mass is 9.87. The SMILES string of the molecule is O=S1(=O)OC2CCC3CC2C1C3. The molecular formula is C8H12O3S. The topological polar surface area (TPSA) is 43.4 Å². The Hall–Kier alpha value is -0.0900. The quantitative estimate of drug-likeness (QED) is 0.530. The van der Waals surface area contributed by atoms with E-state index in [1.807, 2.05) is 0 Å². The zero-order chi connectivity index (χ0) is 8.34. The minimum atomic E-state index is -3.15. The van der Waals surface area contributed by atoms with E-state index in [4.69, 9.17) is 4.18 Å². The summed E-state index contributed by atoms with van der Waals surface area (Å²) in [5, 5.41) is -0.144. The van der Waals surface area contributed by atoms with Crippen LogP contribution in [0.1, 0.15) is 25.7 Å². The van der Waals surface area contributed by atoms with Crippen molar-refractivity contribution < 1.29 is 12.6 Å². The molecule has 3 aliphatic rings. The van der Waals surface area contributed by atoms with Gasteiger partial charge in [-0.3, -0.25) is 4.18 Å². The first-order chi connectivity index (χ1) is 5.67. The van der Waals surface area contributed by atoms with Gasteiger partial charge in [-0.1, -0.05) is 0 Å². The van der Waals surface area contributed by atoms with Gasteiger partial charge >= 0.3 is 0 Å². The molecule has 0 N–H and O–H groups in total. The van der Waals surface area contributed by atoms with Gasteiger partial charge in [0.05, 0.1) is 11.4 Å². The molecule has 1 heterocycles. The summed E-state index contributed by atoms with van der Waals surface area (Å²) in [5.74, 6) is 1.02. The van der Waals surface area contributed by atoms with Crippen molar-refractivity contribution in [3.05, 3.63) is 0 Å². The molecule has 0 radical (unpaired) electrons. The van der Waals surface area contributed by atoms with Crippen LogP contribution in [0.25, 0.3) is 0 Å². The second-order valence-corrected chi connectivity index (χ2v) is 6.03. The van der Waals surface area contributed by atoms with Gasteiger partial charge in [0, 0.05) is 5.92 Å². The van der Waals surface area contributed by atoms with Gasteiger partial charge < -0.3 is 0 Å². The molecule has 0 aromatic heterocycles. The van der Waals surface area contributed by atoms with Crippen molar-refractivity contribution in [2.45, 2.75) is 37.0 Å². The van der Waals surface area contributed by atoms with Crippen LogP contribution in [0.5, 0.6) is 0 Å². The van der Waals surface area contributed by atoms with Gasteiger partial charge in [0.1, 0.15) is 0 Å². The molecule has 2 bridgehead atoms. The third-order valence-electron chi connectivity index (χ3n) is 3.61. The van der Waals surface area contributed by atoms with E-state index >= 15 is 0 Å². The first-order valence-corrected chi connectivity index (χ1v) is 6.06. The summed E-state index contributed by atoms with van der Waals surface area (Å²) < 4.78 is 27.9. The standard InChI is InChI=1S/C8H12O3S/c9-12(10)8-4-5-1-2-7(11-12)6(8)3-5/h5-8H,1-4H2. The number of hydrogen-bond acceptors (Lipinski definition) is 3. The fraction of sp³-hybridized carbons (Fsp3) is 1.00. The van der Waals surface area contributed by atoms with Crippen molar-refractivity contribution in [3.63, 3.8) is 0 Å². The van der Waals surface area contributed by atoms with Crippen LogP contribution in [-0.2, 0) is 14.3 Å². The van der Waals surface area contributed by atoms with E-state index in [9.17, 15) is 8.42 Å². The molecule has 4 atom stereocenters. The minimum Gasteiger partial charge on any atom is -0.266 e. The van der Waals surface area contributed by atoms with E-state index in [1.165, 1.54) is 6.42 Å². The van der Waals surface area contributed by atoms with Crippen LogP contribution in [0.4, 0.5) is 0 Å². The van der Waals surface area contributed by atoms with E-state index in [-0.39, 0.29) is 11.4 Å². The van der Waals surface area contributed by atoms with Crippen molar-refractivity contribution in [2.75, 3.05) is 0 Å². The molecule has 1 saturated heterocycles. The summed E-state index contributed by atoms with van der Waals surface area (Å²) in [5.41, 5.74) is 0. The summed E-state index contributed by atoms with van der Waals surface area (Å²) in [7, 11) is -3.15. The Bertz CT molecular complexity index is 308. The normalized spacial score (nSPS) is 54.3. The molecule has 3 nitrogen and oxygen atoms in total. The van der Waals surface area contributed by atoms with Crippen LogP contribution in [0, 0.1) is 11.8 Å². The highest BCUT2D eigenvalue weighted by molar-refractivity contribution is 7.87. The van der Waals surface area contributed by atoms with Crippen LogP contribution in [0.15, 0.2) is 0 Å². The Morgan fingerprint density at radius 1 is 1.17 bits per heavy atom. The van der Waals surface area contributed by atoms with Crippen LogP contribution in [0.2, 0.25) is 0 Å². The van der Waals surface area contributed by atoms with Crippen LogP contribution >= 0.6 is 0 Å². The van der Waals surface area contributed by atoms with Gasteiger partial charge in [-0.2, -0.15) is 8.42 Å². The van der Waals surface area contributed by atoms with Gasteiger partial charge in [0.25, 0.3) is 10.1 Å². The predicted octanol–water partition coefficient (Wildman–Crippen LogP) is 0.904. The summed E-state index contributed by atoms with van der Waals surface area (Å²) in [6, 6.07) is 0. The first kappa shape index (κ1) is 7.33. The van der Waals surface area contributed by atoms with E-state index < -0.39 is 10.1 Å². The fourth-order valence-electron chi connectivity index (χ4n) is 3.07. The molecule has 2 aliphatic carbocycles. The Balaban J connectivity index is 2.07. The van der Waals surface area contributed by atoms with Crippen molar-refractivity contribution >= 4 is 10.1 Å². The third kappa shape index (κ3) is 0.773. The Morgan fingerprint density at radius 3 is 2.83 bits per heavy atom. The van der Waals surface area contributed by atoms with Gasteiger partial charge in [-0.25, -0.2) is 0 Å². The lowest BCUT2D eigenvalue weighted by Crippen LogP contribution is -2.22. The largest absolute Gasteiger partial charge is 0.270 e. The van der Waals surface area contributed by atoms with Crippen LogP contribution in [-0.4, -0.2) is 19.8 Å². The minimum absolute atomic E-state index is 0.0405. The Morgan fingerprint density at radius 2 is 2.00 bits per heavy atom. The fourth-order valence-corrected chi connectivity index (χ4v) is 5.02. The summed E-state index contributed by atoms with van der Waals surface area (Å²) in [4.78, 5) is 0. The van der Waals surface area contributed by atoms with Gasteiger partial charge in [-0.05, 0) is 31.6 Å². The molecule has 0 spiro atoms. The van der Waals surface area contributed by atoms with E-state index in [1.54, 1.807) is 0 Å². The van der Waals surface area contributed by atoms with Crippen molar-refractivity contribution in [1.29, 1.82) is 0 Å². The zero-order valence-electron chi connectivity index (χ0n) is 6.77. The van der Waals surface area contributed by atoms with E-state index in [0.717, 1.165) is 19.3 Å².